The van der Waals surface area contributed by atoms with E-state index in [4.69, 9.17) is 0 Å². The van der Waals surface area contributed by atoms with Gasteiger partial charge in [0.05, 0.1) is 0 Å². The van der Waals surface area contributed by atoms with Gasteiger partial charge in [-0.05, 0) is 61.8 Å². The van der Waals surface area contributed by atoms with Crippen LogP contribution in [0.25, 0.3) is 0 Å². The van der Waals surface area contributed by atoms with E-state index in [-0.39, 0.29) is 5.91 Å². The van der Waals surface area contributed by atoms with Gasteiger partial charge in [-0.25, -0.2) is 0 Å². The number of carbonyl (C=O) groups is 1. The second-order valence-electron chi connectivity index (χ2n) is 6.37. The predicted molar refractivity (Wildman–Crippen MR) is 84.2 cm³/mol. The number of benzene rings is 1. The normalized spacial score (nSPS) is 26.1. The Kier molecular flexibility index (Phi) is 4.69. The molecule has 2 rings (SSSR count). The number of nitrogens with one attached hydrogen (secondary N) is 2. The Labute approximate surface area is 122 Å². The molecule has 0 radical (unpaired) electrons. The minimum Gasteiger partial charge on any atom is -0.382 e. The Balaban J connectivity index is 2.08. The van der Waals surface area contributed by atoms with E-state index in [1.54, 1.807) is 7.05 Å². The number of rotatable bonds is 3. The number of amides is 1. The fraction of sp³-hybridized carbons (Fsp3) is 0.588. The lowest BCUT2D eigenvalue weighted by Crippen LogP contribution is -2.30. The van der Waals surface area contributed by atoms with Crippen LogP contribution in [-0.4, -0.2) is 19.0 Å². The molecule has 0 bridgehead atoms. The summed E-state index contributed by atoms with van der Waals surface area (Å²) in [7, 11) is 1.66. The third kappa shape index (κ3) is 3.53. The number of anilines is 1. The molecule has 2 atom stereocenters. The second kappa shape index (κ2) is 6.29. The van der Waals surface area contributed by atoms with Crippen LogP contribution in [0, 0.1) is 18.8 Å². The molecule has 1 amide bonds. The first-order valence-electron chi connectivity index (χ1n) is 7.59. The van der Waals surface area contributed by atoms with Gasteiger partial charge < -0.3 is 10.6 Å². The van der Waals surface area contributed by atoms with Crippen molar-refractivity contribution >= 4 is 11.6 Å². The average molecular weight is 274 g/mol. The molecule has 0 aliphatic heterocycles. The lowest BCUT2D eigenvalue weighted by Gasteiger charge is -2.33. The summed E-state index contributed by atoms with van der Waals surface area (Å²) >= 11 is 0. The molecule has 1 aliphatic rings. The Morgan fingerprint density at radius 1 is 1.15 bits per heavy atom. The van der Waals surface area contributed by atoms with Crippen LogP contribution in [0.2, 0.25) is 0 Å². The van der Waals surface area contributed by atoms with Crippen molar-refractivity contribution in [2.75, 3.05) is 12.4 Å². The van der Waals surface area contributed by atoms with Crippen molar-refractivity contribution in [2.45, 2.75) is 46.1 Å². The van der Waals surface area contributed by atoms with Crippen LogP contribution in [-0.2, 0) is 0 Å². The van der Waals surface area contributed by atoms with Crippen LogP contribution < -0.4 is 10.6 Å². The first kappa shape index (κ1) is 14.9. The monoisotopic (exact) mass is 274 g/mol. The maximum Gasteiger partial charge on any atom is 0.251 e. The fourth-order valence-electron chi connectivity index (χ4n) is 3.40. The molecule has 0 heterocycles. The summed E-state index contributed by atoms with van der Waals surface area (Å²) in [6.45, 7) is 6.74. The van der Waals surface area contributed by atoms with Crippen LogP contribution >= 0.6 is 0 Å². The fourth-order valence-corrected chi connectivity index (χ4v) is 3.40. The summed E-state index contributed by atoms with van der Waals surface area (Å²) in [5, 5.41) is 6.32. The molecule has 2 unspecified atom stereocenters. The van der Waals surface area contributed by atoms with Gasteiger partial charge in [-0.1, -0.05) is 13.8 Å². The van der Waals surface area contributed by atoms with Crippen LogP contribution in [0.4, 0.5) is 5.69 Å². The lowest BCUT2D eigenvalue weighted by atomic mass is 9.80. The van der Waals surface area contributed by atoms with Gasteiger partial charge in [-0.15, -0.1) is 0 Å². The zero-order valence-corrected chi connectivity index (χ0v) is 13.0. The zero-order chi connectivity index (χ0) is 14.7. The van der Waals surface area contributed by atoms with Crippen LogP contribution in [0.15, 0.2) is 18.2 Å². The molecule has 0 spiro atoms. The SMILES string of the molecule is CNC(=O)c1ccc(NC2CC(C)CC(C)C2)c(C)c1. The van der Waals surface area contributed by atoms with E-state index in [2.05, 4.69) is 31.4 Å². The summed E-state index contributed by atoms with van der Waals surface area (Å²) in [6, 6.07) is 6.43. The predicted octanol–water partition coefficient (Wildman–Crippen LogP) is 3.59. The lowest BCUT2D eigenvalue weighted by molar-refractivity contribution is 0.0963. The number of aryl methyl sites for hydroxylation is 1. The summed E-state index contributed by atoms with van der Waals surface area (Å²) < 4.78 is 0. The third-order valence-corrected chi connectivity index (χ3v) is 4.25. The van der Waals surface area contributed by atoms with Gasteiger partial charge in [0.1, 0.15) is 0 Å². The van der Waals surface area contributed by atoms with Crippen LogP contribution in [0.1, 0.15) is 49.0 Å². The van der Waals surface area contributed by atoms with Gasteiger partial charge >= 0.3 is 0 Å². The Morgan fingerprint density at radius 2 is 1.80 bits per heavy atom. The molecule has 1 aromatic carbocycles. The molecule has 20 heavy (non-hydrogen) atoms. The highest BCUT2D eigenvalue weighted by atomic mass is 16.1. The summed E-state index contributed by atoms with van der Waals surface area (Å²) in [5.41, 5.74) is 3.02. The molecule has 0 aromatic heterocycles. The number of hydrogen-bond acceptors (Lipinski definition) is 2. The molecular weight excluding hydrogens is 248 g/mol. The summed E-state index contributed by atoms with van der Waals surface area (Å²) in [4.78, 5) is 11.6. The standard InChI is InChI=1S/C17H26N2O/c1-11-7-12(2)9-15(8-11)19-16-6-5-14(10-13(16)3)17(20)18-4/h5-6,10-12,15,19H,7-9H2,1-4H3,(H,18,20). The summed E-state index contributed by atoms with van der Waals surface area (Å²) in [6.07, 6.45) is 3.81. The molecule has 3 nitrogen and oxygen atoms in total. The highest BCUT2D eigenvalue weighted by Gasteiger charge is 2.24. The van der Waals surface area contributed by atoms with Crippen molar-refractivity contribution < 1.29 is 4.79 Å². The largest absolute Gasteiger partial charge is 0.382 e. The van der Waals surface area contributed by atoms with Crippen molar-refractivity contribution in [1.82, 2.24) is 5.32 Å². The van der Waals surface area contributed by atoms with Crippen molar-refractivity contribution in [3.63, 3.8) is 0 Å². The van der Waals surface area contributed by atoms with E-state index in [9.17, 15) is 4.79 Å². The van der Waals surface area contributed by atoms with Crippen LogP contribution in [0.3, 0.4) is 0 Å². The first-order valence-corrected chi connectivity index (χ1v) is 7.59. The highest BCUT2D eigenvalue weighted by molar-refractivity contribution is 5.94. The number of hydrogen-bond donors (Lipinski definition) is 2. The minimum atomic E-state index is -0.0282. The Morgan fingerprint density at radius 3 is 2.35 bits per heavy atom. The van der Waals surface area contributed by atoms with Gasteiger partial charge in [-0.2, -0.15) is 0 Å². The van der Waals surface area contributed by atoms with Crippen molar-refractivity contribution in [2.24, 2.45) is 11.8 Å². The van der Waals surface area contributed by atoms with Gasteiger partial charge in [0.25, 0.3) is 5.91 Å². The third-order valence-electron chi connectivity index (χ3n) is 4.25. The molecule has 2 N–H and O–H groups in total. The van der Waals surface area contributed by atoms with E-state index in [1.165, 1.54) is 19.3 Å². The first-order chi connectivity index (χ1) is 9.49. The molecular formula is C17H26N2O. The molecule has 0 saturated heterocycles. The van der Waals surface area contributed by atoms with Gasteiger partial charge in [-0.3, -0.25) is 4.79 Å². The maximum atomic E-state index is 11.6. The topological polar surface area (TPSA) is 41.1 Å². The molecule has 1 aromatic rings. The zero-order valence-electron chi connectivity index (χ0n) is 13.0. The maximum absolute atomic E-state index is 11.6. The highest BCUT2D eigenvalue weighted by Crippen LogP contribution is 2.31. The smallest absolute Gasteiger partial charge is 0.251 e. The van der Waals surface area contributed by atoms with Gasteiger partial charge in [0.2, 0.25) is 0 Å². The minimum absolute atomic E-state index is 0.0282. The van der Waals surface area contributed by atoms with Gasteiger partial charge in [0, 0.05) is 24.3 Å². The molecule has 1 saturated carbocycles. The van der Waals surface area contributed by atoms with E-state index in [0.717, 1.165) is 28.7 Å². The van der Waals surface area contributed by atoms with E-state index in [0.29, 0.717) is 6.04 Å². The van der Waals surface area contributed by atoms with E-state index < -0.39 is 0 Å². The average Bonchev–Trinajstić information content (AvgIpc) is 2.39. The molecule has 110 valence electrons. The molecule has 3 heteroatoms. The Bertz CT molecular complexity index is 474. The molecule has 1 fully saturated rings. The quantitative estimate of drug-likeness (QED) is 0.884. The van der Waals surface area contributed by atoms with E-state index >= 15 is 0 Å². The van der Waals surface area contributed by atoms with Crippen LogP contribution in [0.5, 0.6) is 0 Å². The summed E-state index contributed by atoms with van der Waals surface area (Å²) in [5.74, 6) is 1.56. The molecule has 1 aliphatic carbocycles. The van der Waals surface area contributed by atoms with Crippen molar-refractivity contribution in [1.29, 1.82) is 0 Å². The second-order valence-corrected chi connectivity index (χ2v) is 6.37. The van der Waals surface area contributed by atoms with E-state index in [1.807, 2.05) is 18.2 Å². The number of carbonyl (C=O) groups excluding carboxylic acids is 1. The van der Waals surface area contributed by atoms with Crippen molar-refractivity contribution in [3.8, 4) is 0 Å². The van der Waals surface area contributed by atoms with Crippen molar-refractivity contribution in [3.05, 3.63) is 29.3 Å². The Hall–Kier alpha value is -1.51. The van der Waals surface area contributed by atoms with Gasteiger partial charge in [0.15, 0.2) is 0 Å².